The number of halogens is 2. The standard InChI is InChI=1S/C28H28F2N6O/c1-27(37)8-12-34(13-9-27)20-3-5-24(31-16-20)21-17-32-36-11-7-25(33-26(21)36)35-10-6-18-15-28(18,35)22-14-19(29)2-4-23(22)30/h2-5,7,11,14,16-18,37H,6,8-10,12-13,15H2,1H3/t18-,28+/m0/s1. The van der Waals surface area contributed by atoms with Crippen LogP contribution in [0.1, 0.15) is 38.2 Å². The number of rotatable bonds is 4. The van der Waals surface area contributed by atoms with E-state index < -0.39 is 17.0 Å². The highest BCUT2D eigenvalue weighted by molar-refractivity contribution is 5.76. The summed E-state index contributed by atoms with van der Waals surface area (Å²) in [6.07, 6.45) is 8.66. The van der Waals surface area contributed by atoms with Crippen molar-refractivity contribution in [1.82, 2.24) is 19.6 Å². The first-order chi connectivity index (χ1) is 17.8. The molecule has 3 fully saturated rings. The summed E-state index contributed by atoms with van der Waals surface area (Å²) < 4.78 is 30.6. The van der Waals surface area contributed by atoms with Crippen molar-refractivity contribution in [2.24, 2.45) is 5.92 Å². The minimum absolute atomic E-state index is 0.291. The molecule has 2 aliphatic heterocycles. The first-order valence-electron chi connectivity index (χ1n) is 12.9. The van der Waals surface area contributed by atoms with Crippen LogP contribution >= 0.6 is 0 Å². The van der Waals surface area contributed by atoms with Crippen LogP contribution in [0, 0.1) is 17.6 Å². The second-order valence-corrected chi connectivity index (χ2v) is 10.9. The first kappa shape index (κ1) is 22.6. The smallest absolute Gasteiger partial charge is 0.166 e. The van der Waals surface area contributed by atoms with Crippen LogP contribution in [-0.2, 0) is 5.54 Å². The molecule has 0 radical (unpaired) electrons. The minimum Gasteiger partial charge on any atom is -0.390 e. The lowest BCUT2D eigenvalue weighted by Gasteiger charge is -2.36. The number of aliphatic hydroxyl groups is 1. The van der Waals surface area contributed by atoms with Crippen LogP contribution in [0.4, 0.5) is 20.3 Å². The minimum atomic E-state index is -0.598. The zero-order valence-corrected chi connectivity index (χ0v) is 20.6. The van der Waals surface area contributed by atoms with E-state index >= 15 is 0 Å². The lowest BCUT2D eigenvalue weighted by molar-refractivity contribution is 0.0351. The number of piperidine rings is 2. The fourth-order valence-electron chi connectivity index (χ4n) is 6.27. The number of anilines is 2. The first-order valence-corrected chi connectivity index (χ1v) is 12.9. The molecule has 2 atom stereocenters. The highest BCUT2D eigenvalue weighted by Crippen LogP contribution is 2.63. The Morgan fingerprint density at radius 1 is 1.03 bits per heavy atom. The van der Waals surface area contributed by atoms with E-state index in [0.717, 1.165) is 68.1 Å². The average Bonchev–Trinajstić information content (AvgIpc) is 3.27. The summed E-state index contributed by atoms with van der Waals surface area (Å²) in [5.41, 5.74) is 2.56. The topological polar surface area (TPSA) is 69.8 Å². The van der Waals surface area contributed by atoms with Gasteiger partial charge in [-0.15, -0.1) is 0 Å². The van der Waals surface area contributed by atoms with Crippen molar-refractivity contribution in [3.05, 3.63) is 72.2 Å². The third-order valence-corrected chi connectivity index (χ3v) is 8.51. The molecule has 1 aromatic carbocycles. The summed E-state index contributed by atoms with van der Waals surface area (Å²) in [5.74, 6) is 0.228. The highest BCUT2D eigenvalue weighted by Gasteiger charge is 2.64. The normalized spacial score (nSPS) is 24.5. The zero-order chi connectivity index (χ0) is 25.4. The molecule has 37 heavy (non-hydrogen) atoms. The number of aromatic nitrogens is 4. The Labute approximate surface area is 213 Å². The molecule has 1 N–H and O–H groups in total. The van der Waals surface area contributed by atoms with Crippen molar-refractivity contribution in [1.29, 1.82) is 0 Å². The Bertz CT molecular complexity index is 1490. The van der Waals surface area contributed by atoms with Gasteiger partial charge in [0.2, 0.25) is 0 Å². The van der Waals surface area contributed by atoms with E-state index in [4.69, 9.17) is 9.97 Å². The molecule has 190 valence electrons. The van der Waals surface area contributed by atoms with Crippen LogP contribution in [0.3, 0.4) is 0 Å². The molecule has 7 rings (SSSR count). The van der Waals surface area contributed by atoms with Crippen molar-refractivity contribution in [2.75, 3.05) is 29.4 Å². The van der Waals surface area contributed by atoms with Gasteiger partial charge >= 0.3 is 0 Å². The molecule has 1 saturated carbocycles. The molecule has 3 aromatic heterocycles. The maximum absolute atomic E-state index is 14.8. The summed E-state index contributed by atoms with van der Waals surface area (Å²) >= 11 is 0. The van der Waals surface area contributed by atoms with Gasteiger partial charge in [-0.2, -0.15) is 5.10 Å². The largest absolute Gasteiger partial charge is 0.390 e. The second-order valence-electron chi connectivity index (χ2n) is 10.9. The molecule has 1 aliphatic carbocycles. The van der Waals surface area contributed by atoms with Gasteiger partial charge in [0.25, 0.3) is 0 Å². The van der Waals surface area contributed by atoms with Crippen molar-refractivity contribution in [3.63, 3.8) is 0 Å². The molecule has 7 nitrogen and oxygen atoms in total. The molecular formula is C28H28F2N6O. The van der Waals surface area contributed by atoms with Crippen molar-refractivity contribution in [3.8, 4) is 11.3 Å². The number of pyridine rings is 1. The van der Waals surface area contributed by atoms with Crippen molar-refractivity contribution >= 4 is 17.2 Å². The number of hydrogen-bond donors (Lipinski definition) is 1. The van der Waals surface area contributed by atoms with Crippen LogP contribution < -0.4 is 9.80 Å². The van der Waals surface area contributed by atoms with Gasteiger partial charge in [0.15, 0.2) is 5.65 Å². The van der Waals surface area contributed by atoms with E-state index in [0.29, 0.717) is 17.1 Å². The second kappa shape index (κ2) is 7.95. The van der Waals surface area contributed by atoms with Gasteiger partial charge in [-0.05, 0) is 74.9 Å². The molecular weight excluding hydrogens is 474 g/mol. The van der Waals surface area contributed by atoms with E-state index in [9.17, 15) is 13.9 Å². The molecule has 0 bridgehead atoms. The Hall–Kier alpha value is -3.59. The molecule has 9 heteroatoms. The van der Waals surface area contributed by atoms with Gasteiger partial charge in [0, 0.05) is 31.4 Å². The van der Waals surface area contributed by atoms with E-state index in [1.165, 1.54) is 18.2 Å². The number of nitrogens with zero attached hydrogens (tertiary/aromatic N) is 6. The molecule has 2 saturated heterocycles. The monoisotopic (exact) mass is 502 g/mol. The maximum Gasteiger partial charge on any atom is 0.166 e. The SMILES string of the molecule is CC1(O)CCN(c2ccc(-c3cnn4ccc(N5CC[C@H]6C[C@]65c5cc(F)ccc5F)nc34)nc2)CC1. The maximum atomic E-state index is 14.8. The van der Waals surface area contributed by atoms with Gasteiger partial charge in [0.1, 0.15) is 17.5 Å². The lowest BCUT2D eigenvalue weighted by Crippen LogP contribution is -2.42. The number of fused-ring (bicyclic) bond motifs is 2. The van der Waals surface area contributed by atoms with Crippen LogP contribution in [-0.4, -0.2) is 49.9 Å². The van der Waals surface area contributed by atoms with Crippen molar-refractivity contribution < 1.29 is 13.9 Å². The third kappa shape index (κ3) is 3.59. The number of hydrogen-bond acceptors (Lipinski definition) is 6. The highest BCUT2D eigenvalue weighted by atomic mass is 19.1. The van der Waals surface area contributed by atoms with E-state index in [2.05, 4.69) is 14.9 Å². The molecule has 4 aromatic rings. The third-order valence-electron chi connectivity index (χ3n) is 8.51. The summed E-state index contributed by atoms with van der Waals surface area (Å²) in [6, 6.07) is 9.65. The quantitative estimate of drug-likeness (QED) is 0.442. The summed E-state index contributed by atoms with van der Waals surface area (Å²) in [5, 5.41) is 14.7. The van der Waals surface area contributed by atoms with Gasteiger partial charge in [-0.3, -0.25) is 4.98 Å². The van der Waals surface area contributed by atoms with E-state index in [1.54, 1.807) is 10.7 Å². The predicted molar refractivity (Wildman–Crippen MR) is 136 cm³/mol. The fourth-order valence-corrected chi connectivity index (χ4v) is 6.27. The molecule has 0 amide bonds. The van der Waals surface area contributed by atoms with Gasteiger partial charge in [-0.25, -0.2) is 18.3 Å². The molecule has 5 heterocycles. The van der Waals surface area contributed by atoms with Crippen LogP contribution in [0.5, 0.6) is 0 Å². The Kier molecular flexibility index (Phi) is 4.86. The van der Waals surface area contributed by atoms with Gasteiger partial charge in [-0.1, -0.05) is 0 Å². The van der Waals surface area contributed by atoms with Crippen LogP contribution in [0.25, 0.3) is 16.9 Å². The van der Waals surface area contributed by atoms with Crippen molar-refractivity contribution in [2.45, 2.75) is 43.7 Å². The van der Waals surface area contributed by atoms with Crippen LogP contribution in [0.2, 0.25) is 0 Å². The van der Waals surface area contributed by atoms with Crippen LogP contribution in [0.15, 0.2) is 55.0 Å². The molecule has 3 aliphatic rings. The van der Waals surface area contributed by atoms with E-state index in [1.807, 2.05) is 37.5 Å². The summed E-state index contributed by atoms with van der Waals surface area (Å²) in [6.45, 7) is 4.21. The average molecular weight is 503 g/mol. The Morgan fingerprint density at radius 2 is 1.86 bits per heavy atom. The van der Waals surface area contributed by atoms with Gasteiger partial charge in [0.05, 0.1) is 40.5 Å². The molecule has 0 spiro atoms. The Balaban J connectivity index is 1.21. The summed E-state index contributed by atoms with van der Waals surface area (Å²) in [4.78, 5) is 14.0. The molecule has 0 unspecified atom stereocenters. The van der Waals surface area contributed by atoms with Gasteiger partial charge < -0.3 is 14.9 Å². The zero-order valence-electron chi connectivity index (χ0n) is 20.6. The lowest BCUT2D eigenvalue weighted by atomic mass is 9.93. The number of benzene rings is 1. The fraction of sp³-hybridized carbons (Fsp3) is 0.393. The Morgan fingerprint density at radius 3 is 2.62 bits per heavy atom. The predicted octanol–water partition coefficient (Wildman–Crippen LogP) is 4.55. The summed E-state index contributed by atoms with van der Waals surface area (Å²) in [7, 11) is 0. The van der Waals surface area contributed by atoms with E-state index in [-0.39, 0.29) is 5.82 Å².